The highest BCUT2D eigenvalue weighted by Gasteiger charge is 2.33. The topological polar surface area (TPSA) is 95.7 Å². The Morgan fingerprint density at radius 2 is 1.89 bits per heavy atom. The van der Waals surface area contributed by atoms with Crippen molar-refractivity contribution in [1.29, 1.82) is 0 Å². The monoisotopic (exact) mass is 271 g/mol. The number of nitrogens with two attached hydrogens (primary N) is 1. The highest BCUT2D eigenvalue weighted by molar-refractivity contribution is 5.85. The lowest BCUT2D eigenvalue weighted by Gasteiger charge is -2.31. The Morgan fingerprint density at radius 3 is 2.32 bits per heavy atom. The lowest BCUT2D eigenvalue weighted by Crippen LogP contribution is -2.52. The van der Waals surface area contributed by atoms with Gasteiger partial charge in [-0.15, -0.1) is 0 Å². The van der Waals surface area contributed by atoms with E-state index >= 15 is 0 Å². The van der Waals surface area contributed by atoms with E-state index in [1.807, 2.05) is 4.90 Å². The van der Waals surface area contributed by atoms with Crippen molar-refractivity contribution in [3.63, 3.8) is 0 Å². The molecule has 1 saturated heterocycles. The van der Waals surface area contributed by atoms with Gasteiger partial charge in [0.05, 0.1) is 6.54 Å². The van der Waals surface area contributed by atoms with Crippen LogP contribution in [0.4, 0.5) is 0 Å². The number of nitrogens with zero attached hydrogens (tertiary/aromatic N) is 1. The molecular formula is C13H25N3O3. The summed E-state index contributed by atoms with van der Waals surface area (Å²) in [6.07, 6.45) is 1.77. The van der Waals surface area contributed by atoms with Gasteiger partial charge >= 0.3 is 5.97 Å². The van der Waals surface area contributed by atoms with Crippen molar-refractivity contribution >= 4 is 11.9 Å². The van der Waals surface area contributed by atoms with Gasteiger partial charge in [0.25, 0.3) is 0 Å². The van der Waals surface area contributed by atoms with Crippen LogP contribution in [0.3, 0.4) is 0 Å². The lowest BCUT2D eigenvalue weighted by atomic mass is 9.87. The molecule has 19 heavy (non-hydrogen) atoms. The maximum absolute atomic E-state index is 11.9. The van der Waals surface area contributed by atoms with E-state index in [4.69, 9.17) is 10.8 Å². The minimum absolute atomic E-state index is 0.223. The molecule has 0 spiro atoms. The molecule has 110 valence electrons. The average Bonchev–Trinajstić information content (AvgIpc) is 2.27. The molecule has 1 fully saturated rings. The molecule has 4 N–H and O–H groups in total. The first-order valence-corrected chi connectivity index (χ1v) is 6.70. The molecule has 0 saturated carbocycles. The molecule has 0 aliphatic carbocycles. The van der Waals surface area contributed by atoms with Crippen LogP contribution in [-0.4, -0.2) is 53.6 Å². The number of hydrogen-bond donors (Lipinski definition) is 3. The second kappa shape index (κ2) is 6.34. The minimum atomic E-state index is -0.999. The lowest BCUT2D eigenvalue weighted by molar-refractivity contribution is -0.145. The zero-order valence-electron chi connectivity index (χ0n) is 12.0. The van der Waals surface area contributed by atoms with Crippen molar-refractivity contribution in [1.82, 2.24) is 10.2 Å². The van der Waals surface area contributed by atoms with E-state index < -0.39 is 17.4 Å². The summed E-state index contributed by atoms with van der Waals surface area (Å²) in [5.74, 6) is -1.24. The Hall–Kier alpha value is -1.14. The van der Waals surface area contributed by atoms with Crippen molar-refractivity contribution in [2.45, 2.75) is 45.7 Å². The van der Waals surface area contributed by atoms with Crippen molar-refractivity contribution in [2.24, 2.45) is 11.1 Å². The van der Waals surface area contributed by atoms with E-state index in [0.29, 0.717) is 0 Å². The fraction of sp³-hybridized carbons (Fsp3) is 0.846. The first-order valence-electron chi connectivity index (χ1n) is 6.70. The number of nitrogens with one attached hydrogen (secondary N) is 1. The number of likely N-dealkylation sites (tertiary alicyclic amines) is 1. The summed E-state index contributed by atoms with van der Waals surface area (Å²) in [7, 11) is 0. The van der Waals surface area contributed by atoms with Gasteiger partial charge in [-0.25, -0.2) is 4.79 Å². The van der Waals surface area contributed by atoms with Gasteiger partial charge in [-0.2, -0.15) is 0 Å². The summed E-state index contributed by atoms with van der Waals surface area (Å²) < 4.78 is 0. The molecule has 0 aromatic heterocycles. The van der Waals surface area contributed by atoms with Gasteiger partial charge in [-0.1, -0.05) is 20.8 Å². The van der Waals surface area contributed by atoms with Crippen LogP contribution in [0.2, 0.25) is 0 Å². The summed E-state index contributed by atoms with van der Waals surface area (Å²) in [5, 5.41) is 11.8. The van der Waals surface area contributed by atoms with E-state index in [1.165, 1.54) is 0 Å². The molecule has 1 atom stereocenters. The molecule has 1 aliphatic rings. The fourth-order valence-electron chi connectivity index (χ4n) is 2.17. The van der Waals surface area contributed by atoms with Crippen molar-refractivity contribution in [3.8, 4) is 0 Å². The van der Waals surface area contributed by atoms with Crippen LogP contribution in [0.5, 0.6) is 0 Å². The smallest absolute Gasteiger partial charge is 0.326 e. The zero-order valence-corrected chi connectivity index (χ0v) is 12.0. The summed E-state index contributed by atoms with van der Waals surface area (Å²) in [5.41, 5.74) is 5.29. The molecule has 6 heteroatoms. The van der Waals surface area contributed by atoms with E-state index in [0.717, 1.165) is 25.9 Å². The Bertz CT molecular complexity index is 331. The SMILES string of the molecule is CC(C)(C)[C@@H](NC(=O)CN1CCC(N)CC1)C(=O)O. The number of amides is 1. The number of carbonyl (C=O) groups excluding carboxylic acids is 1. The van der Waals surface area contributed by atoms with Gasteiger partial charge in [0.2, 0.25) is 5.91 Å². The summed E-state index contributed by atoms with van der Waals surface area (Å²) >= 11 is 0. The molecule has 0 bridgehead atoms. The van der Waals surface area contributed by atoms with E-state index in [-0.39, 0.29) is 18.5 Å². The molecule has 0 aromatic rings. The molecule has 0 aromatic carbocycles. The van der Waals surface area contributed by atoms with Crippen molar-refractivity contribution in [2.75, 3.05) is 19.6 Å². The second-order valence-electron chi connectivity index (χ2n) is 6.32. The van der Waals surface area contributed by atoms with Crippen LogP contribution in [0.25, 0.3) is 0 Å². The highest BCUT2D eigenvalue weighted by atomic mass is 16.4. The van der Waals surface area contributed by atoms with Crippen LogP contribution < -0.4 is 11.1 Å². The standard InChI is InChI=1S/C13H25N3O3/c1-13(2,3)11(12(18)19)15-10(17)8-16-6-4-9(14)5-7-16/h9,11H,4-8,14H2,1-3H3,(H,15,17)(H,18,19)/t11-/m0/s1. The predicted molar refractivity (Wildman–Crippen MR) is 72.7 cm³/mol. The van der Waals surface area contributed by atoms with Gasteiger partial charge < -0.3 is 16.2 Å². The Kier molecular flexibility index (Phi) is 5.31. The number of carboxylic acid groups (broad SMARTS) is 1. The number of rotatable bonds is 4. The summed E-state index contributed by atoms with van der Waals surface area (Å²) in [6.45, 7) is 7.22. The van der Waals surface area contributed by atoms with Crippen LogP contribution in [0.1, 0.15) is 33.6 Å². The minimum Gasteiger partial charge on any atom is -0.480 e. The zero-order chi connectivity index (χ0) is 14.6. The van der Waals surface area contributed by atoms with Crippen LogP contribution >= 0.6 is 0 Å². The van der Waals surface area contributed by atoms with Crippen molar-refractivity contribution in [3.05, 3.63) is 0 Å². The number of carbonyl (C=O) groups is 2. The first kappa shape index (κ1) is 15.9. The molecule has 6 nitrogen and oxygen atoms in total. The third-order valence-electron chi connectivity index (χ3n) is 3.42. The van der Waals surface area contributed by atoms with E-state index in [1.54, 1.807) is 20.8 Å². The summed E-state index contributed by atoms with van der Waals surface area (Å²) in [4.78, 5) is 25.1. The Morgan fingerprint density at radius 1 is 1.37 bits per heavy atom. The molecule has 0 radical (unpaired) electrons. The third kappa shape index (κ3) is 5.16. The molecule has 1 aliphatic heterocycles. The number of carboxylic acids is 1. The number of piperidine rings is 1. The molecular weight excluding hydrogens is 246 g/mol. The fourth-order valence-corrected chi connectivity index (χ4v) is 2.17. The molecule has 1 rings (SSSR count). The maximum atomic E-state index is 11.9. The average molecular weight is 271 g/mol. The second-order valence-corrected chi connectivity index (χ2v) is 6.32. The predicted octanol–water partition coefficient (Wildman–Crippen LogP) is 0.0250. The molecule has 1 heterocycles. The van der Waals surface area contributed by atoms with Gasteiger partial charge in [-0.3, -0.25) is 9.69 Å². The Balaban J connectivity index is 2.47. The largest absolute Gasteiger partial charge is 0.480 e. The normalized spacial score (nSPS) is 20.0. The maximum Gasteiger partial charge on any atom is 0.326 e. The van der Waals surface area contributed by atoms with Gasteiger partial charge in [0.1, 0.15) is 6.04 Å². The van der Waals surface area contributed by atoms with Crippen LogP contribution in [0, 0.1) is 5.41 Å². The van der Waals surface area contributed by atoms with E-state index in [2.05, 4.69) is 5.32 Å². The third-order valence-corrected chi connectivity index (χ3v) is 3.42. The first-order chi connectivity index (χ1) is 8.70. The van der Waals surface area contributed by atoms with E-state index in [9.17, 15) is 9.59 Å². The number of hydrogen-bond acceptors (Lipinski definition) is 4. The highest BCUT2D eigenvalue weighted by Crippen LogP contribution is 2.19. The quantitative estimate of drug-likeness (QED) is 0.670. The van der Waals surface area contributed by atoms with Gasteiger partial charge in [0, 0.05) is 19.1 Å². The van der Waals surface area contributed by atoms with Gasteiger partial charge in [-0.05, 0) is 18.3 Å². The van der Waals surface area contributed by atoms with Crippen LogP contribution in [0.15, 0.2) is 0 Å². The summed E-state index contributed by atoms with van der Waals surface area (Å²) in [6, 6.07) is -0.646. The molecule has 1 amide bonds. The van der Waals surface area contributed by atoms with Crippen LogP contribution in [-0.2, 0) is 9.59 Å². The van der Waals surface area contributed by atoms with Gasteiger partial charge in [0.15, 0.2) is 0 Å². The Labute approximate surface area is 114 Å². The molecule has 0 unspecified atom stereocenters. The number of aliphatic carboxylic acids is 1. The van der Waals surface area contributed by atoms with Crippen molar-refractivity contribution < 1.29 is 14.7 Å².